The van der Waals surface area contributed by atoms with Crippen LogP contribution in [0.4, 0.5) is 0 Å². The molecule has 0 aliphatic carbocycles. The van der Waals surface area contributed by atoms with Gasteiger partial charge in [-0.1, -0.05) is 30.2 Å². The first kappa shape index (κ1) is 16.6. The zero-order valence-corrected chi connectivity index (χ0v) is 12.6. The summed E-state index contributed by atoms with van der Waals surface area (Å²) in [6, 6.07) is 8.11. The molecule has 0 radical (unpaired) electrons. The summed E-state index contributed by atoms with van der Waals surface area (Å²) < 4.78 is 5.72. The number of piperidine rings is 1. The summed E-state index contributed by atoms with van der Waals surface area (Å²) in [5.74, 6) is 0.764. The summed E-state index contributed by atoms with van der Waals surface area (Å²) in [6.45, 7) is 3.47. The van der Waals surface area contributed by atoms with Gasteiger partial charge < -0.3 is 10.5 Å². The summed E-state index contributed by atoms with van der Waals surface area (Å²) in [5, 5.41) is 0.673. The van der Waals surface area contributed by atoms with E-state index in [0.29, 0.717) is 17.7 Å². The lowest BCUT2D eigenvalue weighted by Crippen LogP contribution is -2.45. The molecule has 1 heterocycles. The molecule has 1 aromatic carbocycles. The van der Waals surface area contributed by atoms with Crippen LogP contribution in [0.1, 0.15) is 19.3 Å². The van der Waals surface area contributed by atoms with Crippen molar-refractivity contribution in [3.8, 4) is 5.75 Å². The van der Waals surface area contributed by atoms with Crippen LogP contribution < -0.4 is 10.5 Å². The molecule has 0 saturated carbocycles. The van der Waals surface area contributed by atoms with Crippen molar-refractivity contribution in [2.24, 2.45) is 5.73 Å². The minimum absolute atomic E-state index is 0. The third-order valence-corrected chi connectivity index (χ3v) is 3.81. The second kappa shape index (κ2) is 8.64. The number of ether oxygens (including phenoxy) is 1. The zero-order valence-electron chi connectivity index (χ0n) is 11.1. The van der Waals surface area contributed by atoms with Crippen molar-refractivity contribution in [1.82, 2.24) is 4.90 Å². The number of hydrogen-bond acceptors (Lipinski definition) is 3. The number of likely N-dealkylation sites (tertiary alicyclic amines) is 1. The van der Waals surface area contributed by atoms with Crippen LogP contribution in [-0.2, 0) is 0 Å². The monoisotopic (exact) mass is 304 g/mol. The average molecular weight is 305 g/mol. The van der Waals surface area contributed by atoms with E-state index in [2.05, 4.69) is 4.90 Å². The summed E-state index contributed by atoms with van der Waals surface area (Å²) in [6.07, 6.45) is 3.77. The third-order valence-electron chi connectivity index (χ3n) is 3.49. The van der Waals surface area contributed by atoms with Crippen molar-refractivity contribution >= 4 is 24.0 Å². The van der Waals surface area contributed by atoms with E-state index < -0.39 is 0 Å². The smallest absolute Gasteiger partial charge is 0.137 e. The second-order valence-electron chi connectivity index (χ2n) is 4.70. The highest BCUT2D eigenvalue weighted by molar-refractivity contribution is 6.32. The predicted molar refractivity (Wildman–Crippen MR) is 82.5 cm³/mol. The van der Waals surface area contributed by atoms with Gasteiger partial charge in [0, 0.05) is 19.1 Å². The van der Waals surface area contributed by atoms with Crippen LogP contribution in [0.3, 0.4) is 0 Å². The number of nitrogens with two attached hydrogens (primary N) is 1. The number of rotatable bonds is 5. The van der Waals surface area contributed by atoms with Gasteiger partial charge in [-0.3, -0.25) is 4.90 Å². The molecule has 2 rings (SSSR count). The van der Waals surface area contributed by atoms with Crippen LogP contribution in [0.15, 0.2) is 24.3 Å². The van der Waals surface area contributed by atoms with E-state index in [9.17, 15) is 0 Å². The van der Waals surface area contributed by atoms with Crippen LogP contribution in [0, 0.1) is 0 Å². The number of nitrogens with zero attached hydrogens (tertiary/aromatic N) is 1. The molecule has 19 heavy (non-hydrogen) atoms. The van der Waals surface area contributed by atoms with Crippen molar-refractivity contribution in [2.75, 3.05) is 26.2 Å². The molecule has 0 spiro atoms. The lowest BCUT2D eigenvalue weighted by molar-refractivity contribution is 0.127. The van der Waals surface area contributed by atoms with Crippen molar-refractivity contribution in [1.29, 1.82) is 0 Å². The van der Waals surface area contributed by atoms with E-state index in [0.717, 1.165) is 25.4 Å². The van der Waals surface area contributed by atoms with E-state index >= 15 is 0 Å². The number of halogens is 2. The molecule has 1 fully saturated rings. The van der Waals surface area contributed by atoms with E-state index in [1.54, 1.807) is 0 Å². The van der Waals surface area contributed by atoms with Gasteiger partial charge in [-0.15, -0.1) is 12.4 Å². The van der Waals surface area contributed by atoms with Crippen molar-refractivity contribution in [3.05, 3.63) is 29.3 Å². The number of para-hydroxylation sites is 1. The quantitative estimate of drug-likeness (QED) is 0.909. The molecule has 1 aliphatic heterocycles. The summed E-state index contributed by atoms with van der Waals surface area (Å²) in [4.78, 5) is 2.43. The fraction of sp³-hybridized carbons (Fsp3) is 0.571. The van der Waals surface area contributed by atoms with Gasteiger partial charge in [0.05, 0.1) is 5.02 Å². The van der Waals surface area contributed by atoms with Crippen molar-refractivity contribution in [2.45, 2.75) is 25.3 Å². The predicted octanol–water partition coefficient (Wildman–Crippen LogP) is 2.95. The Morgan fingerprint density at radius 1 is 1.32 bits per heavy atom. The molecular weight excluding hydrogens is 283 g/mol. The van der Waals surface area contributed by atoms with Crippen molar-refractivity contribution in [3.63, 3.8) is 0 Å². The molecule has 3 nitrogen and oxygen atoms in total. The van der Waals surface area contributed by atoms with Gasteiger partial charge in [-0.2, -0.15) is 0 Å². The van der Waals surface area contributed by atoms with Gasteiger partial charge in [-0.25, -0.2) is 0 Å². The Bertz CT molecular complexity index is 376. The number of hydrogen-bond donors (Lipinski definition) is 1. The average Bonchev–Trinajstić information content (AvgIpc) is 2.41. The molecule has 1 unspecified atom stereocenters. The summed E-state index contributed by atoms with van der Waals surface area (Å²) >= 11 is 6.04. The molecule has 108 valence electrons. The van der Waals surface area contributed by atoms with Crippen molar-refractivity contribution < 1.29 is 4.74 Å². The maximum absolute atomic E-state index is 6.04. The van der Waals surface area contributed by atoms with Gasteiger partial charge in [0.1, 0.15) is 12.4 Å². The molecule has 2 N–H and O–H groups in total. The van der Waals surface area contributed by atoms with Crippen LogP contribution in [0.2, 0.25) is 5.02 Å². The topological polar surface area (TPSA) is 38.5 Å². The molecule has 1 saturated heterocycles. The Labute approximate surface area is 126 Å². The van der Waals surface area contributed by atoms with Gasteiger partial charge in [0.2, 0.25) is 0 Å². The molecule has 1 atom stereocenters. The van der Waals surface area contributed by atoms with Crippen LogP contribution in [0.25, 0.3) is 0 Å². The maximum atomic E-state index is 6.04. The highest BCUT2D eigenvalue weighted by Crippen LogP contribution is 2.23. The van der Waals surface area contributed by atoms with E-state index in [1.165, 1.54) is 19.3 Å². The second-order valence-corrected chi connectivity index (χ2v) is 5.11. The lowest BCUT2D eigenvalue weighted by Gasteiger charge is -2.34. The van der Waals surface area contributed by atoms with Gasteiger partial charge in [-0.05, 0) is 31.5 Å². The molecular formula is C14H22Cl2N2O. The Morgan fingerprint density at radius 3 is 2.84 bits per heavy atom. The first-order valence-electron chi connectivity index (χ1n) is 6.62. The fourth-order valence-corrected chi connectivity index (χ4v) is 2.65. The van der Waals surface area contributed by atoms with E-state index in [1.807, 2.05) is 24.3 Å². The van der Waals surface area contributed by atoms with Gasteiger partial charge >= 0.3 is 0 Å². The largest absolute Gasteiger partial charge is 0.491 e. The third kappa shape index (κ3) is 4.84. The Kier molecular flexibility index (Phi) is 7.54. The minimum Gasteiger partial charge on any atom is -0.491 e. The highest BCUT2D eigenvalue weighted by Gasteiger charge is 2.20. The highest BCUT2D eigenvalue weighted by atomic mass is 35.5. The van der Waals surface area contributed by atoms with E-state index in [4.69, 9.17) is 22.1 Å². The fourth-order valence-electron chi connectivity index (χ4n) is 2.46. The molecule has 0 amide bonds. The minimum atomic E-state index is 0. The first-order valence-corrected chi connectivity index (χ1v) is 7.00. The Hall–Kier alpha value is -0.480. The number of benzene rings is 1. The molecule has 0 aromatic heterocycles. The van der Waals surface area contributed by atoms with Gasteiger partial charge in [0.25, 0.3) is 0 Å². The van der Waals surface area contributed by atoms with E-state index in [-0.39, 0.29) is 12.4 Å². The summed E-state index contributed by atoms with van der Waals surface area (Å²) in [7, 11) is 0. The Morgan fingerprint density at radius 2 is 2.11 bits per heavy atom. The van der Waals surface area contributed by atoms with Gasteiger partial charge in [0.15, 0.2) is 0 Å². The molecule has 5 heteroatoms. The first-order chi connectivity index (χ1) is 8.81. The van der Waals surface area contributed by atoms with Crippen LogP contribution >= 0.6 is 24.0 Å². The zero-order chi connectivity index (χ0) is 12.8. The molecule has 1 aromatic rings. The van der Waals surface area contributed by atoms with Crippen LogP contribution in [-0.4, -0.2) is 37.2 Å². The SMILES string of the molecule is Cl.NCC1CCCCN1CCOc1ccccc1Cl. The standard InChI is InChI=1S/C14H21ClN2O.ClH/c15-13-6-1-2-7-14(13)18-10-9-17-8-4-3-5-12(17)11-16;/h1-2,6-7,12H,3-5,8-11,16H2;1H. The molecule has 1 aliphatic rings. The summed E-state index contributed by atoms with van der Waals surface area (Å²) in [5.41, 5.74) is 5.80. The normalized spacial score (nSPS) is 19.8. The molecule has 0 bridgehead atoms. The van der Waals surface area contributed by atoms with Crippen LogP contribution in [0.5, 0.6) is 5.75 Å². The lowest BCUT2D eigenvalue weighted by atomic mass is 10.0. The maximum Gasteiger partial charge on any atom is 0.137 e. The Balaban J connectivity index is 0.00000180.